The lowest BCUT2D eigenvalue weighted by molar-refractivity contribution is -0.122. The van der Waals surface area contributed by atoms with Crippen molar-refractivity contribution in [2.75, 3.05) is 6.54 Å². The van der Waals surface area contributed by atoms with Crippen molar-refractivity contribution >= 4 is 11.9 Å². The van der Waals surface area contributed by atoms with Crippen molar-refractivity contribution in [1.29, 1.82) is 0 Å². The molecule has 1 amide bonds. The van der Waals surface area contributed by atoms with Gasteiger partial charge in [0.05, 0.1) is 6.04 Å². The van der Waals surface area contributed by atoms with Crippen LogP contribution in [0.25, 0.3) is 0 Å². The molecule has 0 aromatic heterocycles. The molecule has 4 nitrogen and oxygen atoms in total. The molecule has 1 saturated heterocycles. The Kier molecular flexibility index (Phi) is 1.19. The molecule has 2 atom stereocenters. The van der Waals surface area contributed by atoms with Gasteiger partial charge in [-0.05, 0) is 12.3 Å². The summed E-state index contributed by atoms with van der Waals surface area (Å²) in [7, 11) is 0. The molecule has 11 heavy (non-hydrogen) atoms. The van der Waals surface area contributed by atoms with Gasteiger partial charge in [-0.15, -0.1) is 0 Å². The second-order valence-corrected chi connectivity index (χ2v) is 3.22. The van der Waals surface area contributed by atoms with Gasteiger partial charge in [-0.25, -0.2) is 4.79 Å². The van der Waals surface area contributed by atoms with Crippen molar-refractivity contribution in [1.82, 2.24) is 4.90 Å². The Morgan fingerprint density at radius 2 is 2.36 bits per heavy atom. The predicted octanol–water partition coefficient (Wildman–Crippen LogP) is 0.328. The second-order valence-electron chi connectivity index (χ2n) is 3.22. The lowest BCUT2D eigenvalue weighted by Crippen LogP contribution is -2.41. The zero-order chi connectivity index (χ0) is 8.01. The molecule has 2 aliphatic rings. The van der Waals surface area contributed by atoms with Crippen LogP contribution >= 0.6 is 0 Å². The summed E-state index contributed by atoms with van der Waals surface area (Å²) in [5, 5.41) is 8.63. The maximum atomic E-state index is 11.0. The predicted molar refractivity (Wildman–Crippen MR) is 36.2 cm³/mol. The van der Waals surface area contributed by atoms with Gasteiger partial charge in [-0.1, -0.05) is 0 Å². The summed E-state index contributed by atoms with van der Waals surface area (Å²) in [6.07, 6.45) is 0.394. The number of carbonyl (C=O) groups excluding carboxylic acids is 1. The van der Waals surface area contributed by atoms with E-state index in [4.69, 9.17) is 5.11 Å². The zero-order valence-corrected chi connectivity index (χ0v) is 5.99. The third-order valence-electron chi connectivity index (χ3n) is 2.49. The monoisotopic (exact) mass is 155 g/mol. The van der Waals surface area contributed by atoms with Crippen molar-refractivity contribution in [2.24, 2.45) is 5.92 Å². The molecule has 0 aromatic rings. The molecular weight excluding hydrogens is 146 g/mol. The number of hydrogen-bond donors (Lipinski definition) is 1. The average Bonchev–Trinajstić information content (AvgIpc) is 2.43. The van der Waals surface area contributed by atoms with Gasteiger partial charge in [0.25, 0.3) is 0 Å². The molecule has 0 spiro atoms. The summed E-state index contributed by atoms with van der Waals surface area (Å²) < 4.78 is 0. The van der Waals surface area contributed by atoms with E-state index in [-0.39, 0.29) is 11.8 Å². The van der Waals surface area contributed by atoms with Crippen LogP contribution in [-0.2, 0) is 4.79 Å². The van der Waals surface area contributed by atoms with Crippen LogP contribution in [0.4, 0.5) is 4.79 Å². The normalized spacial score (nSPS) is 34.9. The molecule has 2 bridgehead atoms. The van der Waals surface area contributed by atoms with Gasteiger partial charge in [-0.2, -0.15) is 0 Å². The SMILES string of the molecule is O=C1CC2CC1N(C(=O)O)C2. The average molecular weight is 155 g/mol. The van der Waals surface area contributed by atoms with Crippen LogP contribution < -0.4 is 0 Å². The number of ketones is 1. The highest BCUT2D eigenvalue weighted by atomic mass is 16.4. The van der Waals surface area contributed by atoms with E-state index in [2.05, 4.69) is 0 Å². The number of rotatable bonds is 0. The number of likely N-dealkylation sites (tertiary alicyclic amines) is 1. The minimum atomic E-state index is -0.953. The van der Waals surface area contributed by atoms with Gasteiger partial charge in [0, 0.05) is 13.0 Å². The van der Waals surface area contributed by atoms with Crippen LogP contribution in [0, 0.1) is 5.92 Å². The molecule has 1 saturated carbocycles. The minimum Gasteiger partial charge on any atom is -0.465 e. The van der Waals surface area contributed by atoms with Gasteiger partial charge >= 0.3 is 6.09 Å². The summed E-state index contributed by atoms with van der Waals surface area (Å²) in [5.74, 6) is 0.409. The maximum absolute atomic E-state index is 11.0. The highest BCUT2D eigenvalue weighted by Gasteiger charge is 2.46. The number of carbonyl (C=O) groups is 2. The quantitative estimate of drug-likeness (QED) is 0.548. The lowest BCUT2D eigenvalue weighted by atomic mass is 10.1. The van der Waals surface area contributed by atoms with E-state index < -0.39 is 6.09 Å². The molecule has 1 heterocycles. The third-order valence-corrected chi connectivity index (χ3v) is 2.49. The largest absolute Gasteiger partial charge is 0.465 e. The van der Waals surface area contributed by atoms with Crippen LogP contribution in [0.1, 0.15) is 12.8 Å². The molecule has 2 rings (SSSR count). The molecule has 4 heteroatoms. The third kappa shape index (κ3) is 0.818. The zero-order valence-electron chi connectivity index (χ0n) is 5.99. The Morgan fingerprint density at radius 3 is 2.73 bits per heavy atom. The van der Waals surface area contributed by atoms with Crippen LogP contribution in [0.2, 0.25) is 0 Å². The number of piperidine rings is 1. The van der Waals surface area contributed by atoms with E-state index in [1.165, 1.54) is 4.90 Å². The highest BCUT2D eigenvalue weighted by molar-refractivity contribution is 5.90. The van der Waals surface area contributed by atoms with E-state index in [1.807, 2.05) is 0 Å². The summed E-state index contributed by atoms with van der Waals surface area (Å²) in [5.41, 5.74) is 0. The molecule has 0 radical (unpaired) electrons. The van der Waals surface area contributed by atoms with Crippen molar-refractivity contribution in [3.05, 3.63) is 0 Å². The number of carboxylic acid groups (broad SMARTS) is 1. The van der Waals surface area contributed by atoms with Gasteiger partial charge in [0.15, 0.2) is 5.78 Å². The Bertz CT molecular complexity index is 226. The first-order valence-electron chi connectivity index (χ1n) is 3.71. The van der Waals surface area contributed by atoms with Gasteiger partial charge in [0.1, 0.15) is 0 Å². The first-order valence-corrected chi connectivity index (χ1v) is 3.71. The fourth-order valence-corrected chi connectivity index (χ4v) is 2.01. The van der Waals surface area contributed by atoms with E-state index in [1.54, 1.807) is 0 Å². The first kappa shape index (κ1) is 6.64. The van der Waals surface area contributed by atoms with E-state index in [0.29, 0.717) is 18.9 Å². The number of amides is 1. The van der Waals surface area contributed by atoms with Crippen LogP contribution in [0.5, 0.6) is 0 Å². The van der Waals surface area contributed by atoms with Crippen molar-refractivity contribution in [2.45, 2.75) is 18.9 Å². The van der Waals surface area contributed by atoms with Crippen LogP contribution in [0.3, 0.4) is 0 Å². The number of nitrogens with zero attached hydrogens (tertiary/aromatic N) is 1. The van der Waals surface area contributed by atoms with Gasteiger partial charge in [-0.3, -0.25) is 9.69 Å². The molecule has 2 unspecified atom stereocenters. The Morgan fingerprint density at radius 1 is 1.64 bits per heavy atom. The van der Waals surface area contributed by atoms with Crippen molar-refractivity contribution in [3.8, 4) is 0 Å². The Hall–Kier alpha value is -1.06. The Labute approximate surface area is 63.8 Å². The summed E-state index contributed by atoms with van der Waals surface area (Å²) >= 11 is 0. The summed E-state index contributed by atoms with van der Waals surface area (Å²) in [4.78, 5) is 22.8. The van der Waals surface area contributed by atoms with Crippen LogP contribution in [0.15, 0.2) is 0 Å². The van der Waals surface area contributed by atoms with E-state index in [9.17, 15) is 9.59 Å². The highest BCUT2D eigenvalue weighted by Crippen LogP contribution is 2.34. The number of hydrogen-bond acceptors (Lipinski definition) is 2. The maximum Gasteiger partial charge on any atom is 0.407 e. The molecule has 1 aliphatic carbocycles. The molecular formula is C7H9NO3. The smallest absolute Gasteiger partial charge is 0.407 e. The number of Topliss-reactive ketones (excluding diaryl/α,β-unsaturated/α-hetero) is 1. The topological polar surface area (TPSA) is 57.6 Å². The molecule has 1 N–H and O–H groups in total. The van der Waals surface area contributed by atoms with E-state index >= 15 is 0 Å². The molecule has 1 aliphatic heterocycles. The second kappa shape index (κ2) is 1.96. The first-order chi connectivity index (χ1) is 5.18. The fraction of sp³-hybridized carbons (Fsp3) is 0.714. The molecule has 2 fully saturated rings. The standard InChI is InChI=1S/C7H9NO3/c9-6-2-4-1-5(6)8(3-4)7(10)11/h4-5H,1-3H2,(H,10,11). The summed E-state index contributed by atoms with van der Waals surface area (Å²) in [6, 6.07) is -0.308. The van der Waals surface area contributed by atoms with Crippen LogP contribution in [-0.4, -0.2) is 34.5 Å². The Balaban J connectivity index is 2.18. The van der Waals surface area contributed by atoms with E-state index in [0.717, 1.165) is 6.42 Å². The number of fused-ring (bicyclic) bond motifs is 2. The molecule has 0 aromatic carbocycles. The van der Waals surface area contributed by atoms with Crippen molar-refractivity contribution < 1.29 is 14.7 Å². The fourth-order valence-electron chi connectivity index (χ4n) is 2.01. The lowest BCUT2D eigenvalue weighted by Gasteiger charge is -2.22. The van der Waals surface area contributed by atoms with Gasteiger partial charge in [0.2, 0.25) is 0 Å². The van der Waals surface area contributed by atoms with Crippen molar-refractivity contribution in [3.63, 3.8) is 0 Å². The molecule has 60 valence electrons. The minimum absolute atomic E-state index is 0.101. The van der Waals surface area contributed by atoms with Gasteiger partial charge < -0.3 is 5.11 Å². The summed E-state index contributed by atoms with van der Waals surface area (Å²) in [6.45, 7) is 0.561.